The van der Waals surface area contributed by atoms with Gasteiger partial charge in [0.25, 0.3) is 0 Å². The molecule has 0 spiro atoms. The van der Waals surface area contributed by atoms with Gasteiger partial charge in [0.1, 0.15) is 11.6 Å². The van der Waals surface area contributed by atoms with E-state index in [1.807, 2.05) is 19.2 Å². The van der Waals surface area contributed by atoms with Gasteiger partial charge in [0.2, 0.25) is 0 Å². The Balaban J connectivity index is 2.14. The van der Waals surface area contributed by atoms with Crippen LogP contribution in [0.5, 0.6) is 5.75 Å². The van der Waals surface area contributed by atoms with Crippen LogP contribution in [-0.2, 0) is 0 Å². The van der Waals surface area contributed by atoms with E-state index >= 15 is 0 Å². The van der Waals surface area contributed by atoms with E-state index in [4.69, 9.17) is 15.9 Å². The highest BCUT2D eigenvalue weighted by Crippen LogP contribution is 2.11. The summed E-state index contributed by atoms with van der Waals surface area (Å²) < 4.78 is 5.58. The van der Waals surface area contributed by atoms with E-state index in [0.29, 0.717) is 6.61 Å². The van der Waals surface area contributed by atoms with Crippen molar-refractivity contribution in [1.82, 2.24) is 10.6 Å². The average molecular weight is 250 g/mol. The molecule has 0 aliphatic heterocycles. The molecule has 100 valence electrons. The highest BCUT2D eigenvalue weighted by Gasteiger charge is 1.97. The molecule has 0 aromatic heterocycles. The van der Waals surface area contributed by atoms with Crippen LogP contribution in [-0.4, -0.2) is 39.1 Å². The third-order valence-corrected chi connectivity index (χ3v) is 2.48. The summed E-state index contributed by atoms with van der Waals surface area (Å²) >= 11 is 0. The quantitative estimate of drug-likeness (QED) is 0.293. The first kappa shape index (κ1) is 14.5. The van der Waals surface area contributed by atoms with Crippen molar-refractivity contribution in [1.29, 1.82) is 5.41 Å². The van der Waals surface area contributed by atoms with Gasteiger partial charge in [0.15, 0.2) is 0 Å². The monoisotopic (exact) mass is 250 g/mol. The maximum Gasteiger partial charge on any atom is 0.122 e. The first-order valence-corrected chi connectivity index (χ1v) is 6.16. The summed E-state index contributed by atoms with van der Waals surface area (Å²) in [5, 5.41) is 13.7. The number of likely N-dealkylation sites (N-methyl/N-ethyl adjacent to an activating group) is 1. The van der Waals surface area contributed by atoms with Gasteiger partial charge >= 0.3 is 0 Å². The van der Waals surface area contributed by atoms with Gasteiger partial charge in [-0.25, -0.2) is 0 Å². The van der Waals surface area contributed by atoms with E-state index in [0.717, 1.165) is 37.4 Å². The topological polar surface area (TPSA) is 83.2 Å². The normalized spacial score (nSPS) is 10.3. The maximum absolute atomic E-state index is 7.28. The first-order valence-electron chi connectivity index (χ1n) is 6.16. The molecule has 5 nitrogen and oxygen atoms in total. The smallest absolute Gasteiger partial charge is 0.122 e. The van der Waals surface area contributed by atoms with Crippen LogP contribution < -0.4 is 21.1 Å². The molecule has 18 heavy (non-hydrogen) atoms. The summed E-state index contributed by atoms with van der Waals surface area (Å²) in [5.74, 6) is 0.894. The number of ether oxygens (including phenoxy) is 1. The van der Waals surface area contributed by atoms with E-state index in [-0.39, 0.29) is 5.84 Å². The number of nitrogens with two attached hydrogens (primary N) is 1. The minimum Gasteiger partial charge on any atom is -0.494 e. The molecule has 0 saturated carbocycles. The third kappa shape index (κ3) is 5.65. The Labute approximate surface area is 108 Å². The molecule has 0 heterocycles. The highest BCUT2D eigenvalue weighted by atomic mass is 16.5. The van der Waals surface area contributed by atoms with Crippen molar-refractivity contribution in [2.75, 3.05) is 33.3 Å². The van der Waals surface area contributed by atoms with Crippen molar-refractivity contribution in [3.63, 3.8) is 0 Å². The highest BCUT2D eigenvalue weighted by molar-refractivity contribution is 5.94. The molecular weight excluding hydrogens is 228 g/mol. The number of nitrogens with one attached hydrogen (secondary N) is 3. The van der Waals surface area contributed by atoms with Crippen LogP contribution in [0.3, 0.4) is 0 Å². The summed E-state index contributed by atoms with van der Waals surface area (Å²) in [5.41, 5.74) is 6.09. The largest absolute Gasteiger partial charge is 0.494 e. The minimum absolute atomic E-state index is 0.0790. The molecule has 0 aliphatic rings. The van der Waals surface area contributed by atoms with Gasteiger partial charge in [0, 0.05) is 18.7 Å². The van der Waals surface area contributed by atoms with Gasteiger partial charge in [0.05, 0.1) is 6.61 Å². The average Bonchev–Trinajstić information content (AvgIpc) is 2.38. The van der Waals surface area contributed by atoms with Crippen LogP contribution in [0.2, 0.25) is 0 Å². The van der Waals surface area contributed by atoms with Crippen LogP contribution >= 0.6 is 0 Å². The van der Waals surface area contributed by atoms with Crippen molar-refractivity contribution in [3.8, 4) is 5.75 Å². The van der Waals surface area contributed by atoms with E-state index in [1.54, 1.807) is 12.1 Å². The standard InChI is InChI=1S/C13H22N4O/c1-16-8-9-17-7-2-10-18-12-5-3-11(4-6-12)13(14)15/h3-6,16-17H,2,7-10H2,1H3,(H3,14,15). The zero-order chi connectivity index (χ0) is 13.2. The van der Waals surface area contributed by atoms with Gasteiger partial charge in [-0.05, 0) is 44.3 Å². The van der Waals surface area contributed by atoms with E-state index in [2.05, 4.69) is 10.6 Å². The van der Waals surface area contributed by atoms with Gasteiger partial charge in [-0.15, -0.1) is 0 Å². The molecule has 1 rings (SSSR count). The van der Waals surface area contributed by atoms with Crippen LogP contribution in [0.4, 0.5) is 0 Å². The fourth-order valence-electron chi connectivity index (χ4n) is 1.46. The van der Waals surface area contributed by atoms with Crippen molar-refractivity contribution in [2.45, 2.75) is 6.42 Å². The fraction of sp³-hybridized carbons (Fsp3) is 0.462. The van der Waals surface area contributed by atoms with Crippen LogP contribution in [0.15, 0.2) is 24.3 Å². The second kappa shape index (κ2) is 8.49. The zero-order valence-corrected chi connectivity index (χ0v) is 10.8. The summed E-state index contributed by atoms with van der Waals surface area (Å²) in [4.78, 5) is 0. The number of hydrogen-bond acceptors (Lipinski definition) is 4. The Morgan fingerprint density at radius 3 is 2.56 bits per heavy atom. The summed E-state index contributed by atoms with van der Waals surface area (Å²) in [6.07, 6.45) is 0.970. The number of benzene rings is 1. The molecule has 0 amide bonds. The fourth-order valence-corrected chi connectivity index (χ4v) is 1.46. The molecule has 0 saturated heterocycles. The second-order valence-electron chi connectivity index (χ2n) is 3.99. The van der Waals surface area contributed by atoms with Crippen molar-refractivity contribution in [2.24, 2.45) is 5.73 Å². The Hall–Kier alpha value is -1.59. The molecule has 0 fully saturated rings. The van der Waals surface area contributed by atoms with E-state index in [1.165, 1.54) is 0 Å². The molecule has 5 N–H and O–H groups in total. The van der Waals surface area contributed by atoms with Gasteiger partial charge in [-0.1, -0.05) is 0 Å². The predicted molar refractivity (Wildman–Crippen MR) is 74.4 cm³/mol. The Morgan fingerprint density at radius 2 is 1.94 bits per heavy atom. The molecule has 5 heteroatoms. The summed E-state index contributed by atoms with van der Waals surface area (Å²) in [6, 6.07) is 7.27. The Morgan fingerprint density at radius 1 is 1.22 bits per heavy atom. The zero-order valence-electron chi connectivity index (χ0n) is 10.8. The lowest BCUT2D eigenvalue weighted by atomic mass is 10.2. The Bertz CT molecular complexity index is 351. The van der Waals surface area contributed by atoms with Crippen LogP contribution in [0, 0.1) is 5.41 Å². The van der Waals surface area contributed by atoms with Crippen molar-refractivity contribution in [3.05, 3.63) is 29.8 Å². The van der Waals surface area contributed by atoms with Gasteiger partial charge in [-0.2, -0.15) is 0 Å². The lowest BCUT2D eigenvalue weighted by Crippen LogP contribution is -2.26. The van der Waals surface area contributed by atoms with E-state index in [9.17, 15) is 0 Å². The number of amidine groups is 1. The third-order valence-electron chi connectivity index (χ3n) is 2.48. The SMILES string of the molecule is CNCCNCCCOc1ccc(C(=N)N)cc1. The molecule has 0 unspecified atom stereocenters. The second-order valence-corrected chi connectivity index (χ2v) is 3.99. The lowest BCUT2D eigenvalue weighted by molar-refractivity contribution is 0.308. The molecule has 0 atom stereocenters. The molecule has 1 aromatic rings. The van der Waals surface area contributed by atoms with Gasteiger partial charge < -0.3 is 21.1 Å². The van der Waals surface area contributed by atoms with Crippen molar-refractivity contribution < 1.29 is 4.74 Å². The summed E-state index contributed by atoms with van der Waals surface area (Å²) in [6.45, 7) is 3.59. The summed E-state index contributed by atoms with van der Waals surface area (Å²) in [7, 11) is 1.94. The maximum atomic E-state index is 7.28. The first-order chi connectivity index (χ1) is 8.74. The number of rotatable bonds is 9. The molecular formula is C13H22N4O. The van der Waals surface area contributed by atoms with Crippen LogP contribution in [0.1, 0.15) is 12.0 Å². The van der Waals surface area contributed by atoms with Gasteiger partial charge in [-0.3, -0.25) is 5.41 Å². The van der Waals surface area contributed by atoms with Crippen LogP contribution in [0.25, 0.3) is 0 Å². The number of nitrogen functional groups attached to an aromatic ring is 1. The minimum atomic E-state index is 0.0790. The lowest BCUT2D eigenvalue weighted by Gasteiger charge is -2.07. The molecule has 0 bridgehead atoms. The molecule has 0 aliphatic carbocycles. The van der Waals surface area contributed by atoms with Crippen molar-refractivity contribution >= 4 is 5.84 Å². The van der Waals surface area contributed by atoms with E-state index < -0.39 is 0 Å². The molecule has 1 aromatic carbocycles. The predicted octanol–water partition coefficient (Wildman–Crippen LogP) is 0.549. The Kier molecular flexibility index (Phi) is 6.83. The molecule has 0 radical (unpaired) electrons. The number of hydrogen-bond donors (Lipinski definition) is 4.